The second-order valence-corrected chi connectivity index (χ2v) is 4.34. The predicted octanol–water partition coefficient (Wildman–Crippen LogP) is 2.57. The molecule has 2 heteroatoms. The van der Waals surface area contributed by atoms with E-state index in [9.17, 15) is 4.79 Å². The summed E-state index contributed by atoms with van der Waals surface area (Å²) >= 11 is 0. The molecule has 1 aliphatic carbocycles. The van der Waals surface area contributed by atoms with Crippen LogP contribution in [-0.2, 0) is 4.79 Å². The first-order chi connectivity index (χ1) is 6.55. The normalized spacial score (nSPS) is 30.0. The quantitative estimate of drug-likeness (QED) is 0.778. The minimum atomic E-state index is -0.675. The van der Waals surface area contributed by atoms with Crippen molar-refractivity contribution in [3.05, 3.63) is 35.4 Å². The summed E-state index contributed by atoms with van der Waals surface area (Å²) in [5.41, 5.74) is 1.87. The Morgan fingerprint density at radius 2 is 2.14 bits per heavy atom. The van der Waals surface area contributed by atoms with E-state index in [2.05, 4.69) is 0 Å². The first-order valence-corrected chi connectivity index (χ1v) is 4.84. The highest BCUT2D eigenvalue weighted by Crippen LogP contribution is 2.59. The van der Waals surface area contributed by atoms with Gasteiger partial charge < -0.3 is 5.11 Å². The first kappa shape index (κ1) is 9.25. The molecule has 2 nitrogen and oxygen atoms in total. The third-order valence-corrected chi connectivity index (χ3v) is 3.29. The molecule has 0 amide bonds. The van der Waals surface area contributed by atoms with Gasteiger partial charge >= 0.3 is 5.97 Å². The van der Waals surface area contributed by atoms with Crippen LogP contribution in [0.3, 0.4) is 0 Å². The summed E-state index contributed by atoms with van der Waals surface area (Å²) in [5.74, 6) is -0.466. The Morgan fingerprint density at radius 3 is 2.64 bits per heavy atom. The number of carboxylic acids is 1. The van der Waals surface area contributed by atoms with E-state index in [0.29, 0.717) is 0 Å². The average Bonchev–Trinajstić information content (AvgIpc) is 2.80. The molecule has 0 unspecified atom stereocenters. The van der Waals surface area contributed by atoms with Crippen LogP contribution in [0.5, 0.6) is 0 Å². The zero-order valence-electron chi connectivity index (χ0n) is 8.45. The topological polar surface area (TPSA) is 37.3 Å². The summed E-state index contributed by atoms with van der Waals surface area (Å²) in [5, 5.41) is 9.04. The smallest absolute Gasteiger partial charge is 0.309 e. The van der Waals surface area contributed by atoms with Crippen LogP contribution in [0.2, 0.25) is 0 Å². The molecular weight excluding hydrogens is 176 g/mol. The summed E-state index contributed by atoms with van der Waals surface area (Å²) in [7, 11) is 0. The lowest BCUT2D eigenvalue weighted by atomic mass is 9.98. The van der Waals surface area contributed by atoms with Crippen LogP contribution >= 0.6 is 0 Å². The highest BCUT2D eigenvalue weighted by molar-refractivity contribution is 5.80. The lowest BCUT2D eigenvalue weighted by Gasteiger charge is -2.07. The van der Waals surface area contributed by atoms with Gasteiger partial charge in [-0.25, -0.2) is 0 Å². The van der Waals surface area contributed by atoms with Crippen LogP contribution in [0.25, 0.3) is 0 Å². The summed E-state index contributed by atoms with van der Waals surface area (Å²) in [6, 6.07) is 8.03. The monoisotopic (exact) mass is 190 g/mol. The van der Waals surface area contributed by atoms with Gasteiger partial charge in [0.1, 0.15) is 0 Å². The molecule has 74 valence electrons. The molecule has 2 atom stereocenters. The molecule has 0 bridgehead atoms. The fourth-order valence-corrected chi connectivity index (χ4v) is 2.03. The molecule has 1 aromatic carbocycles. The number of aryl methyl sites for hydroxylation is 1. The number of benzene rings is 1. The minimum Gasteiger partial charge on any atom is -0.481 e. The maximum Gasteiger partial charge on any atom is 0.309 e. The molecule has 0 radical (unpaired) electrons. The lowest BCUT2D eigenvalue weighted by Crippen LogP contribution is -2.12. The van der Waals surface area contributed by atoms with E-state index in [1.807, 2.05) is 38.1 Å². The Labute approximate surface area is 83.6 Å². The second-order valence-electron chi connectivity index (χ2n) is 4.34. The molecular formula is C12H14O2. The highest BCUT2D eigenvalue weighted by Gasteiger charge is 2.57. The molecule has 0 spiro atoms. The maximum atomic E-state index is 11.0. The predicted molar refractivity (Wildman–Crippen MR) is 54.3 cm³/mol. The molecule has 2 rings (SSSR count). The van der Waals surface area contributed by atoms with Crippen molar-refractivity contribution in [1.82, 2.24) is 0 Å². The molecule has 1 fully saturated rings. The first-order valence-electron chi connectivity index (χ1n) is 4.84. The fourth-order valence-electron chi connectivity index (χ4n) is 2.03. The summed E-state index contributed by atoms with van der Waals surface area (Å²) in [4.78, 5) is 11.0. The van der Waals surface area contributed by atoms with E-state index < -0.39 is 11.4 Å². The van der Waals surface area contributed by atoms with Crippen molar-refractivity contribution in [2.24, 2.45) is 5.41 Å². The number of hydrogen-bond donors (Lipinski definition) is 1. The van der Waals surface area contributed by atoms with Crippen molar-refractivity contribution >= 4 is 5.97 Å². The molecule has 0 aliphatic heterocycles. The Hall–Kier alpha value is -1.31. The number of carboxylic acid groups (broad SMARTS) is 1. The zero-order chi connectivity index (χ0) is 10.3. The van der Waals surface area contributed by atoms with Gasteiger partial charge in [0.25, 0.3) is 0 Å². The highest BCUT2D eigenvalue weighted by atomic mass is 16.4. The Kier molecular flexibility index (Phi) is 1.88. The van der Waals surface area contributed by atoms with Crippen LogP contribution in [0, 0.1) is 12.3 Å². The van der Waals surface area contributed by atoms with E-state index in [-0.39, 0.29) is 5.92 Å². The Morgan fingerprint density at radius 1 is 1.50 bits per heavy atom. The van der Waals surface area contributed by atoms with E-state index in [4.69, 9.17) is 5.11 Å². The molecule has 1 aromatic rings. The lowest BCUT2D eigenvalue weighted by molar-refractivity contribution is -0.142. The van der Waals surface area contributed by atoms with Crippen LogP contribution < -0.4 is 0 Å². The van der Waals surface area contributed by atoms with Gasteiger partial charge in [-0.2, -0.15) is 0 Å². The molecule has 14 heavy (non-hydrogen) atoms. The second kappa shape index (κ2) is 2.84. The van der Waals surface area contributed by atoms with E-state index in [0.717, 1.165) is 6.42 Å². The number of aliphatic carboxylic acids is 1. The van der Waals surface area contributed by atoms with Gasteiger partial charge in [0.05, 0.1) is 5.41 Å². The number of carbonyl (C=O) groups is 1. The zero-order valence-corrected chi connectivity index (χ0v) is 8.45. The van der Waals surface area contributed by atoms with Gasteiger partial charge in [0.2, 0.25) is 0 Å². The van der Waals surface area contributed by atoms with Crippen molar-refractivity contribution in [2.75, 3.05) is 0 Å². The molecule has 1 saturated carbocycles. The fraction of sp³-hybridized carbons (Fsp3) is 0.417. The molecule has 0 heterocycles. The van der Waals surface area contributed by atoms with Crippen molar-refractivity contribution in [3.63, 3.8) is 0 Å². The number of hydrogen-bond acceptors (Lipinski definition) is 1. The average molecular weight is 190 g/mol. The van der Waals surface area contributed by atoms with Gasteiger partial charge in [-0.15, -0.1) is 0 Å². The third kappa shape index (κ3) is 1.22. The van der Waals surface area contributed by atoms with E-state index >= 15 is 0 Å². The molecule has 0 aromatic heterocycles. The SMILES string of the molecule is Cc1ccccc1[C@H]1C[C@]1(C)C(=O)O. The Bertz CT molecular complexity index is 384. The molecule has 1 N–H and O–H groups in total. The Balaban J connectivity index is 2.29. The summed E-state index contributed by atoms with van der Waals surface area (Å²) in [6.07, 6.45) is 0.771. The third-order valence-electron chi connectivity index (χ3n) is 3.29. The van der Waals surface area contributed by atoms with Gasteiger partial charge in [0.15, 0.2) is 0 Å². The maximum absolute atomic E-state index is 11.0. The minimum absolute atomic E-state index is 0.209. The van der Waals surface area contributed by atoms with E-state index in [1.54, 1.807) is 0 Å². The van der Waals surface area contributed by atoms with Crippen LogP contribution in [0.15, 0.2) is 24.3 Å². The van der Waals surface area contributed by atoms with Gasteiger partial charge in [-0.05, 0) is 31.4 Å². The van der Waals surface area contributed by atoms with Gasteiger partial charge in [-0.1, -0.05) is 24.3 Å². The van der Waals surface area contributed by atoms with Crippen molar-refractivity contribution < 1.29 is 9.90 Å². The summed E-state index contributed by atoms with van der Waals surface area (Å²) < 4.78 is 0. The van der Waals surface area contributed by atoms with Crippen molar-refractivity contribution in [2.45, 2.75) is 26.2 Å². The largest absolute Gasteiger partial charge is 0.481 e. The standard InChI is InChI=1S/C12H14O2/c1-8-5-3-4-6-9(8)10-7-12(10,2)11(13)14/h3-6,10H,7H2,1-2H3,(H,13,14)/t10-,12+/m1/s1. The van der Waals surface area contributed by atoms with E-state index in [1.165, 1.54) is 11.1 Å². The van der Waals surface area contributed by atoms with Crippen LogP contribution in [0.4, 0.5) is 0 Å². The number of rotatable bonds is 2. The van der Waals surface area contributed by atoms with Crippen molar-refractivity contribution in [3.8, 4) is 0 Å². The summed E-state index contributed by atoms with van der Waals surface area (Å²) in [6.45, 7) is 3.86. The molecule has 0 saturated heterocycles. The van der Waals surface area contributed by atoms with Crippen molar-refractivity contribution in [1.29, 1.82) is 0 Å². The van der Waals surface area contributed by atoms with Crippen LogP contribution in [-0.4, -0.2) is 11.1 Å². The van der Waals surface area contributed by atoms with Crippen LogP contribution in [0.1, 0.15) is 30.4 Å². The van der Waals surface area contributed by atoms with Gasteiger partial charge in [-0.3, -0.25) is 4.79 Å². The van der Waals surface area contributed by atoms with Gasteiger partial charge in [0, 0.05) is 5.92 Å². The molecule has 1 aliphatic rings.